The van der Waals surface area contributed by atoms with E-state index < -0.39 is 12.1 Å². The second-order valence-electron chi connectivity index (χ2n) is 6.31. The average Bonchev–Trinajstić information content (AvgIpc) is 3.09. The number of hydrogen-bond donors (Lipinski definition) is 2. The van der Waals surface area contributed by atoms with Crippen LogP contribution in [0.25, 0.3) is 10.9 Å². The van der Waals surface area contributed by atoms with Crippen LogP contribution in [0.3, 0.4) is 0 Å². The molecule has 1 unspecified atom stereocenters. The smallest absolute Gasteiger partial charge is 0.256 e. The van der Waals surface area contributed by atoms with Crippen LogP contribution in [0.2, 0.25) is 0 Å². The van der Waals surface area contributed by atoms with Gasteiger partial charge < -0.3 is 19.9 Å². The van der Waals surface area contributed by atoms with Gasteiger partial charge in [0.1, 0.15) is 0 Å². The molecule has 1 aliphatic heterocycles. The SMILES string of the molecule is CN(C)CC(=O)C1C[C@@H](O)CN1C(=O)c1c[nH]c2ccccc12. The fourth-order valence-corrected chi connectivity index (χ4v) is 3.16. The number of likely N-dealkylation sites (tertiary alicyclic amines) is 1. The molecule has 1 amide bonds. The van der Waals surface area contributed by atoms with Gasteiger partial charge >= 0.3 is 0 Å². The van der Waals surface area contributed by atoms with Crippen molar-refractivity contribution in [1.29, 1.82) is 0 Å². The third-order valence-corrected chi connectivity index (χ3v) is 4.20. The van der Waals surface area contributed by atoms with Gasteiger partial charge in [-0.2, -0.15) is 0 Å². The highest BCUT2D eigenvalue weighted by Crippen LogP contribution is 2.25. The van der Waals surface area contributed by atoms with Gasteiger partial charge in [0.05, 0.1) is 24.3 Å². The lowest BCUT2D eigenvalue weighted by molar-refractivity contribution is -0.123. The summed E-state index contributed by atoms with van der Waals surface area (Å²) in [4.78, 5) is 31.7. The average molecular weight is 315 g/mol. The Bertz CT molecular complexity index is 738. The van der Waals surface area contributed by atoms with Crippen LogP contribution in [0, 0.1) is 0 Å². The molecule has 1 aliphatic rings. The van der Waals surface area contributed by atoms with Crippen LogP contribution in [-0.2, 0) is 4.79 Å². The maximum Gasteiger partial charge on any atom is 0.256 e. The molecule has 0 bridgehead atoms. The number of aromatic nitrogens is 1. The fourth-order valence-electron chi connectivity index (χ4n) is 3.16. The zero-order valence-corrected chi connectivity index (χ0v) is 13.3. The van der Waals surface area contributed by atoms with E-state index in [1.54, 1.807) is 11.1 Å². The van der Waals surface area contributed by atoms with Crippen LogP contribution in [0.1, 0.15) is 16.8 Å². The maximum absolute atomic E-state index is 12.9. The van der Waals surface area contributed by atoms with Crippen molar-refractivity contribution in [3.8, 4) is 0 Å². The van der Waals surface area contributed by atoms with Crippen LogP contribution < -0.4 is 0 Å². The first-order valence-electron chi connectivity index (χ1n) is 7.70. The van der Waals surface area contributed by atoms with E-state index in [-0.39, 0.29) is 24.8 Å². The first kappa shape index (κ1) is 15.7. The van der Waals surface area contributed by atoms with Crippen molar-refractivity contribution in [2.24, 2.45) is 0 Å². The molecule has 2 atom stereocenters. The normalized spacial score (nSPS) is 21.3. The summed E-state index contributed by atoms with van der Waals surface area (Å²) in [5, 5.41) is 10.8. The first-order valence-corrected chi connectivity index (χ1v) is 7.70. The Hall–Kier alpha value is -2.18. The summed E-state index contributed by atoms with van der Waals surface area (Å²) in [6.45, 7) is 0.456. The summed E-state index contributed by atoms with van der Waals surface area (Å²) in [6, 6.07) is 6.99. The number of rotatable bonds is 4. The topological polar surface area (TPSA) is 76.6 Å². The first-order chi connectivity index (χ1) is 11.0. The molecule has 2 N–H and O–H groups in total. The highest BCUT2D eigenvalue weighted by Gasteiger charge is 2.39. The minimum atomic E-state index is -0.653. The monoisotopic (exact) mass is 315 g/mol. The molecular formula is C17H21N3O3. The fraction of sp³-hybridized carbons (Fsp3) is 0.412. The van der Waals surface area contributed by atoms with Gasteiger partial charge in [0.2, 0.25) is 0 Å². The van der Waals surface area contributed by atoms with Gasteiger partial charge in [0.25, 0.3) is 5.91 Å². The Balaban J connectivity index is 1.89. The number of benzene rings is 1. The Morgan fingerprint density at radius 2 is 2.09 bits per heavy atom. The molecule has 1 aromatic heterocycles. The zero-order valence-electron chi connectivity index (χ0n) is 13.3. The number of H-pyrrole nitrogens is 1. The number of nitrogens with zero attached hydrogens (tertiary/aromatic N) is 2. The molecule has 0 spiro atoms. The summed E-state index contributed by atoms with van der Waals surface area (Å²) in [6.07, 6.45) is 1.33. The molecule has 3 rings (SSSR count). The minimum absolute atomic E-state index is 0.0419. The standard InChI is InChI=1S/C17H21N3O3/c1-19(2)10-16(22)15-7-11(21)9-20(15)17(23)13-8-18-14-6-4-3-5-12(13)14/h3-6,8,11,15,18,21H,7,9-10H2,1-2H3/t11-,15?/m1/s1. The van der Waals surface area contributed by atoms with Crippen molar-refractivity contribution in [2.75, 3.05) is 27.2 Å². The molecule has 1 fully saturated rings. The van der Waals surface area contributed by atoms with Crippen molar-refractivity contribution in [2.45, 2.75) is 18.6 Å². The summed E-state index contributed by atoms with van der Waals surface area (Å²) in [5.41, 5.74) is 1.42. The van der Waals surface area contributed by atoms with E-state index in [1.807, 2.05) is 38.4 Å². The molecule has 23 heavy (non-hydrogen) atoms. The van der Waals surface area contributed by atoms with Gasteiger partial charge in [-0.15, -0.1) is 0 Å². The van der Waals surface area contributed by atoms with Gasteiger partial charge in [-0.25, -0.2) is 0 Å². The number of aromatic amines is 1. The molecule has 6 nitrogen and oxygen atoms in total. The number of likely N-dealkylation sites (N-methyl/N-ethyl adjacent to an activating group) is 1. The largest absolute Gasteiger partial charge is 0.391 e. The number of amides is 1. The highest BCUT2D eigenvalue weighted by molar-refractivity contribution is 6.08. The lowest BCUT2D eigenvalue weighted by Gasteiger charge is -2.24. The van der Waals surface area contributed by atoms with Gasteiger partial charge in [-0.3, -0.25) is 9.59 Å². The second-order valence-corrected chi connectivity index (χ2v) is 6.31. The second kappa shape index (κ2) is 6.14. The molecule has 1 saturated heterocycles. The number of para-hydroxylation sites is 1. The quantitative estimate of drug-likeness (QED) is 0.878. The van der Waals surface area contributed by atoms with Gasteiger partial charge in [-0.1, -0.05) is 18.2 Å². The summed E-state index contributed by atoms with van der Waals surface area (Å²) >= 11 is 0. The van der Waals surface area contributed by atoms with E-state index in [1.165, 1.54) is 4.90 Å². The summed E-state index contributed by atoms with van der Waals surface area (Å²) in [7, 11) is 3.63. The predicted molar refractivity (Wildman–Crippen MR) is 87.3 cm³/mol. The Labute approximate surface area is 134 Å². The van der Waals surface area contributed by atoms with Crippen molar-refractivity contribution >= 4 is 22.6 Å². The molecule has 122 valence electrons. The van der Waals surface area contributed by atoms with Crippen molar-refractivity contribution in [3.05, 3.63) is 36.0 Å². The Kier molecular flexibility index (Phi) is 4.19. The maximum atomic E-state index is 12.9. The third kappa shape index (κ3) is 3.00. The van der Waals surface area contributed by atoms with Gasteiger partial charge in [0.15, 0.2) is 5.78 Å². The minimum Gasteiger partial charge on any atom is -0.391 e. The number of hydrogen-bond acceptors (Lipinski definition) is 4. The molecule has 2 heterocycles. The number of Topliss-reactive ketones (excluding diaryl/α,β-unsaturated/α-hetero) is 1. The van der Waals surface area contributed by atoms with E-state index in [0.717, 1.165) is 10.9 Å². The Morgan fingerprint density at radius 3 is 2.83 bits per heavy atom. The Morgan fingerprint density at radius 1 is 1.35 bits per heavy atom. The predicted octanol–water partition coefficient (Wildman–Crippen LogP) is 0.874. The number of nitrogens with one attached hydrogen (secondary N) is 1. The lowest BCUT2D eigenvalue weighted by atomic mass is 10.1. The number of ketones is 1. The number of carbonyl (C=O) groups is 2. The van der Waals surface area contributed by atoms with Crippen LogP contribution in [0.4, 0.5) is 0 Å². The number of aliphatic hydroxyl groups excluding tert-OH is 1. The third-order valence-electron chi connectivity index (χ3n) is 4.20. The number of aliphatic hydroxyl groups is 1. The zero-order chi connectivity index (χ0) is 16.6. The van der Waals surface area contributed by atoms with Crippen LogP contribution in [0.5, 0.6) is 0 Å². The van der Waals surface area contributed by atoms with Crippen molar-refractivity contribution < 1.29 is 14.7 Å². The van der Waals surface area contributed by atoms with Crippen LogP contribution in [0.15, 0.2) is 30.5 Å². The molecule has 0 aliphatic carbocycles. The molecule has 0 saturated carbocycles. The van der Waals surface area contributed by atoms with Gasteiger partial charge in [-0.05, 0) is 20.2 Å². The number of β-amino-alcohol motifs (C(OH)–C–C–N with tert-alkyl or cyclic N) is 1. The van der Waals surface area contributed by atoms with Crippen molar-refractivity contribution in [1.82, 2.24) is 14.8 Å². The van der Waals surface area contributed by atoms with E-state index in [9.17, 15) is 14.7 Å². The molecule has 6 heteroatoms. The van der Waals surface area contributed by atoms with Gasteiger partial charge in [0, 0.05) is 30.1 Å². The van der Waals surface area contributed by atoms with E-state index in [0.29, 0.717) is 12.0 Å². The number of fused-ring (bicyclic) bond motifs is 1. The molecule has 0 radical (unpaired) electrons. The van der Waals surface area contributed by atoms with Crippen LogP contribution >= 0.6 is 0 Å². The highest BCUT2D eigenvalue weighted by atomic mass is 16.3. The molecule has 2 aromatic rings. The molecular weight excluding hydrogens is 294 g/mol. The molecule has 1 aromatic carbocycles. The van der Waals surface area contributed by atoms with E-state index in [4.69, 9.17) is 0 Å². The number of carbonyl (C=O) groups excluding carboxylic acids is 2. The van der Waals surface area contributed by atoms with E-state index in [2.05, 4.69) is 4.98 Å². The van der Waals surface area contributed by atoms with Crippen LogP contribution in [-0.4, -0.2) is 70.9 Å². The summed E-state index contributed by atoms with van der Waals surface area (Å²) < 4.78 is 0. The lowest BCUT2D eigenvalue weighted by Crippen LogP contribution is -2.43. The van der Waals surface area contributed by atoms with E-state index >= 15 is 0 Å². The summed E-state index contributed by atoms with van der Waals surface area (Å²) in [5.74, 6) is -0.254. The van der Waals surface area contributed by atoms with Crippen molar-refractivity contribution in [3.63, 3.8) is 0 Å².